The molecule has 116 valence electrons. The molecular weight excluding hydrogens is 268 g/mol. The van der Waals surface area contributed by atoms with Gasteiger partial charge in [-0.05, 0) is 51.7 Å². The summed E-state index contributed by atoms with van der Waals surface area (Å²) in [6.45, 7) is 7.10. The van der Waals surface area contributed by atoms with Gasteiger partial charge in [-0.25, -0.2) is 0 Å². The second kappa shape index (κ2) is 6.29. The van der Waals surface area contributed by atoms with Gasteiger partial charge in [-0.3, -0.25) is 9.59 Å². The fourth-order valence-electron chi connectivity index (χ4n) is 2.29. The number of carbonyl (C=O) groups is 2. The molecule has 0 radical (unpaired) electrons. The maximum Gasteiger partial charge on any atom is 0.311 e. The van der Waals surface area contributed by atoms with Crippen molar-refractivity contribution in [1.82, 2.24) is 0 Å². The summed E-state index contributed by atoms with van der Waals surface area (Å²) in [6, 6.07) is 7.73. The number of hydrogen-bond acceptors (Lipinski definition) is 3. The molecule has 0 heterocycles. The first-order chi connectivity index (χ1) is 9.58. The van der Waals surface area contributed by atoms with Gasteiger partial charge in [0.2, 0.25) is 0 Å². The summed E-state index contributed by atoms with van der Waals surface area (Å²) >= 11 is 0. The van der Waals surface area contributed by atoms with Gasteiger partial charge in [-0.15, -0.1) is 0 Å². The second-order valence-electron chi connectivity index (χ2n) is 6.74. The molecule has 0 aliphatic carbocycles. The largest absolute Gasteiger partial charge is 0.481 e. The Bertz CT molecular complexity index is 529. The molecule has 0 aliphatic heterocycles. The molecule has 0 amide bonds. The fourth-order valence-corrected chi connectivity index (χ4v) is 2.29. The molecule has 0 unspecified atom stereocenters. The van der Waals surface area contributed by atoms with Gasteiger partial charge in [0.25, 0.3) is 0 Å². The Morgan fingerprint density at radius 3 is 1.95 bits per heavy atom. The van der Waals surface area contributed by atoms with Crippen molar-refractivity contribution in [2.24, 2.45) is 10.8 Å². The Hall–Kier alpha value is -1.84. The highest BCUT2D eigenvalue weighted by molar-refractivity contribution is 5.76. The quantitative estimate of drug-likeness (QED) is 0.818. The van der Waals surface area contributed by atoms with E-state index in [2.05, 4.69) is 0 Å². The Balaban J connectivity index is 2.92. The number of carboxylic acid groups (broad SMARTS) is 1. The van der Waals surface area contributed by atoms with E-state index in [1.165, 1.54) is 7.11 Å². The molecule has 0 atom stereocenters. The molecule has 0 spiro atoms. The van der Waals surface area contributed by atoms with Crippen molar-refractivity contribution in [3.8, 4) is 0 Å². The van der Waals surface area contributed by atoms with Crippen molar-refractivity contribution in [2.75, 3.05) is 7.11 Å². The van der Waals surface area contributed by atoms with Crippen molar-refractivity contribution < 1.29 is 19.4 Å². The lowest BCUT2D eigenvalue weighted by atomic mass is 9.83. The van der Waals surface area contributed by atoms with Gasteiger partial charge < -0.3 is 9.84 Å². The SMILES string of the molecule is COC(=O)C(C)(C)Cc1cccc(CC(C)(C)C(=O)O)c1. The highest BCUT2D eigenvalue weighted by Gasteiger charge is 2.30. The van der Waals surface area contributed by atoms with Gasteiger partial charge in [0.15, 0.2) is 0 Å². The standard InChI is InChI=1S/C17H24O4/c1-16(2,14(18)19)10-12-7-6-8-13(9-12)11-17(3,4)15(20)21-5/h6-9H,10-11H2,1-5H3,(H,18,19). The van der Waals surface area contributed by atoms with E-state index in [4.69, 9.17) is 4.74 Å². The normalized spacial score (nSPS) is 12.0. The minimum Gasteiger partial charge on any atom is -0.481 e. The van der Waals surface area contributed by atoms with Crippen LogP contribution in [0.4, 0.5) is 0 Å². The number of ether oxygens (including phenoxy) is 1. The third-order valence-electron chi connectivity index (χ3n) is 3.60. The molecule has 0 bridgehead atoms. The van der Waals surface area contributed by atoms with Gasteiger partial charge in [-0.2, -0.15) is 0 Å². The summed E-state index contributed by atoms with van der Waals surface area (Å²) in [7, 11) is 1.38. The Labute approximate surface area is 126 Å². The monoisotopic (exact) mass is 292 g/mol. The third-order valence-corrected chi connectivity index (χ3v) is 3.60. The summed E-state index contributed by atoms with van der Waals surface area (Å²) in [5.41, 5.74) is 0.552. The van der Waals surface area contributed by atoms with E-state index in [9.17, 15) is 14.7 Å². The van der Waals surface area contributed by atoms with E-state index in [0.717, 1.165) is 11.1 Å². The average Bonchev–Trinajstić information content (AvgIpc) is 2.36. The molecule has 0 aliphatic rings. The molecule has 1 rings (SSSR count). The molecule has 1 N–H and O–H groups in total. The second-order valence-corrected chi connectivity index (χ2v) is 6.74. The zero-order valence-electron chi connectivity index (χ0n) is 13.4. The Morgan fingerprint density at radius 2 is 1.52 bits per heavy atom. The molecule has 4 heteroatoms. The topological polar surface area (TPSA) is 63.6 Å². The van der Waals surface area contributed by atoms with Crippen LogP contribution in [0.25, 0.3) is 0 Å². The number of benzene rings is 1. The summed E-state index contributed by atoms with van der Waals surface area (Å²) < 4.78 is 4.81. The zero-order valence-corrected chi connectivity index (χ0v) is 13.4. The number of rotatable bonds is 6. The highest BCUT2D eigenvalue weighted by Crippen LogP contribution is 2.26. The number of aliphatic carboxylic acids is 1. The zero-order chi connectivity index (χ0) is 16.3. The van der Waals surface area contributed by atoms with Crippen LogP contribution in [-0.4, -0.2) is 24.2 Å². The Kier molecular flexibility index (Phi) is 5.15. The molecule has 0 aromatic heterocycles. The third kappa shape index (κ3) is 4.59. The summed E-state index contributed by atoms with van der Waals surface area (Å²) in [6.07, 6.45) is 1.01. The van der Waals surface area contributed by atoms with Crippen LogP contribution in [0.5, 0.6) is 0 Å². The lowest BCUT2D eigenvalue weighted by molar-refractivity contribution is -0.150. The van der Waals surface area contributed by atoms with E-state index < -0.39 is 16.8 Å². The first kappa shape index (κ1) is 17.2. The van der Waals surface area contributed by atoms with Crippen LogP contribution in [0.3, 0.4) is 0 Å². The number of carboxylic acids is 1. The smallest absolute Gasteiger partial charge is 0.311 e. The van der Waals surface area contributed by atoms with Crippen molar-refractivity contribution in [2.45, 2.75) is 40.5 Å². The van der Waals surface area contributed by atoms with Crippen LogP contribution < -0.4 is 0 Å². The summed E-state index contributed by atoms with van der Waals surface area (Å²) in [5, 5.41) is 9.20. The average molecular weight is 292 g/mol. The molecule has 1 aromatic rings. The first-order valence-electron chi connectivity index (χ1n) is 6.98. The van der Waals surface area contributed by atoms with Crippen molar-refractivity contribution in [3.05, 3.63) is 35.4 Å². The predicted molar refractivity (Wildman–Crippen MR) is 81.1 cm³/mol. The van der Waals surface area contributed by atoms with E-state index in [1.54, 1.807) is 13.8 Å². The number of hydrogen-bond donors (Lipinski definition) is 1. The summed E-state index contributed by atoms with van der Waals surface area (Å²) in [5.74, 6) is -1.07. The first-order valence-corrected chi connectivity index (χ1v) is 6.98. The fraction of sp³-hybridized carbons (Fsp3) is 0.529. The summed E-state index contributed by atoms with van der Waals surface area (Å²) in [4.78, 5) is 22.9. The minimum atomic E-state index is -0.817. The number of esters is 1. The highest BCUT2D eigenvalue weighted by atomic mass is 16.5. The van der Waals surface area contributed by atoms with Crippen molar-refractivity contribution in [3.63, 3.8) is 0 Å². The lowest BCUT2D eigenvalue weighted by Crippen LogP contribution is -2.28. The molecule has 0 fully saturated rings. The van der Waals surface area contributed by atoms with Gasteiger partial charge in [0, 0.05) is 0 Å². The van der Waals surface area contributed by atoms with Crippen molar-refractivity contribution in [1.29, 1.82) is 0 Å². The van der Waals surface area contributed by atoms with E-state index in [1.807, 2.05) is 38.1 Å². The van der Waals surface area contributed by atoms with E-state index in [0.29, 0.717) is 12.8 Å². The maximum absolute atomic E-state index is 11.7. The molecule has 21 heavy (non-hydrogen) atoms. The molecular formula is C17H24O4. The van der Waals surface area contributed by atoms with E-state index in [-0.39, 0.29) is 5.97 Å². The van der Waals surface area contributed by atoms with Crippen LogP contribution in [-0.2, 0) is 27.2 Å². The minimum absolute atomic E-state index is 0.251. The van der Waals surface area contributed by atoms with Gasteiger partial charge in [0.1, 0.15) is 0 Å². The maximum atomic E-state index is 11.7. The molecule has 0 saturated heterocycles. The predicted octanol–water partition coefficient (Wildman–Crippen LogP) is 3.08. The van der Waals surface area contributed by atoms with Gasteiger partial charge in [0.05, 0.1) is 17.9 Å². The van der Waals surface area contributed by atoms with Crippen LogP contribution >= 0.6 is 0 Å². The van der Waals surface area contributed by atoms with Crippen LogP contribution in [0.2, 0.25) is 0 Å². The number of carbonyl (C=O) groups excluding carboxylic acids is 1. The van der Waals surface area contributed by atoms with Crippen LogP contribution in [0.1, 0.15) is 38.8 Å². The van der Waals surface area contributed by atoms with Crippen molar-refractivity contribution >= 4 is 11.9 Å². The van der Waals surface area contributed by atoms with Crippen LogP contribution in [0.15, 0.2) is 24.3 Å². The molecule has 4 nitrogen and oxygen atoms in total. The van der Waals surface area contributed by atoms with E-state index >= 15 is 0 Å². The van der Waals surface area contributed by atoms with Gasteiger partial charge >= 0.3 is 11.9 Å². The van der Waals surface area contributed by atoms with Gasteiger partial charge in [-0.1, -0.05) is 24.3 Å². The molecule has 0 saturated carbocycles. The Morgan fingerprint density at radius 1 is 1.05 bits per heavy atom. The lowest BCUT2D eigenvalue weighted by Gasteiger charge is -2.23. The molecule has 1 aromatic carbocycles. The van der Waals surface area contributed by atoms with Crippen LogP contribution in [0, 0.1) is 10.8 Å². The number of methoxy groups -OCH3 is 1.